The number of carboxylic acid groups (broad SMARTS) is 1. The molecule has 1 N–H and O–H groups in total. The van der Waals surface area contributed by atoms with E-state index in [9.17, 15) is 13.6 Å². The van der Waals surface area contributed by atoms with Crippen LogP contribution in [0.4, 0.5) is 8.78 Å². The van der Waals surface area contributed by atoms with Gasteiger partial charge in [-0.3, -0.25) is 0 Å². The molecular formula is C19H13Cl2F2NO3S. The minimum absolute atomic E-state index is 0.0648. The lowest BCUT2D eigenvalue weighted by atomic mass is 9.95. The van der Waals surface area contributed by atoms with Gasteiger partial charge in [-0.15, -0.1) is 0 Å². The fraction of sp³-hybridized carbons (Fsp3) is 0.158. The van der Waals surface area contributed by atoms with Crippen molar-refractivity contribution in [2.24, 2.45) is 0 Å². The number of carbonyl (C=O) groups is 1. The number of nitrogens with zero attached hydrogens (tertiary/aromatic N) is 1. The molecule has 0 aliphatic heterocycles. The summed E-state index contributed by atoms with van der Waals surface area (Å²) in [5.41, 5.74) is -0.807. The number of aliphatic carboxylic acids is 1. The van der Waals surface area contributed by atoms with E-state index in [1.807, 2.05) is 12.1 Å². The highest BCUT2D eigenvalue weighted by molar-refractivity contribution is 7.10. The first-order valence-electron chi connectivity index (χ1n) is 7.99. The summed E-state index contributed by atoms with van der Waals surface area (Å²) in [7, 11) is 0. The van der Waals surface area contributed by atoms with Gasteiger partial charge < -0.3 is 9.84 Å². The van der Waals surface area contributed by atoms with Crippen LogP contribution in [0, 0.1) is 0 Å². The van der Waals surface area contributed by atoms with Gasteiger partial charge in [0.05, 0.1) is 4.88 Å². The Balaban J connectivity index is 1.75. The van der Waals surface area contributed by atoms with Gasteiger partial charge in [0.15, 0.2) is 11.4 Å². The predicted octanol–water partition coefficient (Wildman–Crippen LogP) is 6.12. The van der Waals surface area contributed by atoms with Crippen molar-refractivity contribution in [2.75, 3.05) is 0 Å². The van der Waals surface area contributed by atoms with Crippen molar-refractivity contribution in [1.82, 2.24) is 4.37 Å². The lowest BCUT2D eigenvalue weighted by Crippen LogP contribution is -2.21. The van der Waals surface area contributed by atoms with E-state index in [0.29, 0.717) is 16.7 Å². The van der Waals surface area contributed by atoms with E-state index in [2.05, 4.69) is 4.37 Å². The molecule has 0 amide bonds. The SMILES string of the molecule is O=C(O)/C=C/C1(F)C=CC(OCc2c(Cl)nsc2-c2ccc(Cl)cc2)=C(F)C1. The monoisotopic (exact) mass is 443 g/mol. The first kappa shape index (κ1) is 20.5. The number of carboxylic acids is 1. The van der Waals surface area contributed by atoms with Crippen molar-refractivity contribution in [3.8, 4) is 10.4 Å². The molecule has 1 aliphatic carbocycles. The van der Waals surface area contributed by atoms with E-state index in [1.54, 1.807) is 12.1 Å². The molecule has 1 heterocycles. The maximum Gasteiger partial charge on any atom is 0.328 e. The Kier molecular flexibility index (Phi) is 6.17. The molecule has 0 spiro atoms. The highest BCUT2D eigenvalue weighted by atomic mass is 35.5. The minimum Gasteiger partial charge on any atom is -0.486 e. The van der Waals surface area contributed by atoms with Crippen molar-refractivity contribution in [3.05, 3.63) is 75.9 Å². The van der Waals surface area contributed by atoms with Crippen LogP contribution in [-0.2, 0) is 16.1 Å². The van der Waals surface area contributed by atoms with Crippen LogP contribution < -0.4 is 0 Å². The van der Waals surface area contributed by atoms with Crippen LogP contribution in [0.3, 0.4) is 0 Å². The number of rotatable bonds is 6. The Morgan fingerprint density at radius 1 is 1.36 bits per heavy atom. The lowest BCUT2D eigenvalue weighted by molar-refractivity contribution is -0.131. The summed E-state index contributed by atoms with van der Waals surface area (Å²) in [5.74, 6) is -2.28. The van der Waals surface area contributed by atoms with E-state index < -0.39 is 23.9 Å². The second-order valence-corrected chi connectivity index (χ2v) is 7.52. The summed E-state index contributed by atoms with van der Waals surface area (Å²) in [6, 6.07) is 7.07. The minimum atomic E-state index is -2.22. The van der Waals surface area contributed by atoms with Gasteiger partial charge in [0.2, 0.25) is 0 Å². The summed E-state index contributed by atoms with van der Waals surface area (Å²) in [6.45, 7) is -0.0648. The standard InChI is InChI=1S/C19H13Cl2F2NO3S/c20-12-3-1-11(2-4-12)17-13(18(21)24-28-17)10-27-15-5-7-19(23,9-14(15)22)8-6-16(25)26/h1-8H,9-10H2,(H,25,26)/b8-6+. The molecule has 0 radical (unpaired) electrons. The van der Waals surface area contributed by atoms with E-state index in [1.165, 1.54) is 11.5 Å². The maximum absolute atomic E-state index is 14.4. The fourth-order valence-electron chi connectivity index (χ4n) is 2.53. The van der Waals surface area contributed by atoms with Crippen LogP contribution in [0.2, 0.25) is 10.2 Å². The molecule has 1 aromatic heterocycles. The molecular weight excluding hydrogens is 431 g/mol. The summed E-state index contributed by atoms with van der Waals surface area (Å²) in [4.78, 5) is 11.3. The first-order chi connectivity index (χ1) is 13.3. The third-order valence-electron chi connectivity index (χ3n) is 3.93. The van der Waals surface area contributed by atoms with Crippen LogP contribution in [0.25, 0.3) is 10.4 Å². The highest BCUT2D eigenvalue weighted by Gasteiger charge is 2.31. The second-order valence-electron chi connectivity index (χ2n) is 5.95. The number of hydrogen-bond donors (Lipinski definition) is 1. The van der Waals surface area contributed by atoms with Crippen molar-refractivity contribution >= 4 is 40.7 Å². The largest absolute Gasteiger partial charge is 0.486 e. The molecule has 1 unspecified atom stereocenters. The normalized spacial score (nSPS) is 19.4. The number of aromatic nitrogens is 1. The van der Waals surface area contributed by atoms with Crippen molar-refractivity contribution in [2.45, 2.75) is 18.7 Å². The van der Waals surface area contributed by atoms with Gasteiger partial charge in [-0.2, -0.15) is 4.37 Å². The summed E-state index contributed by atoms with van der Waals surface area (Å²) in [5, 5.41) is 9.42. The van der Waals surface area contributed by atoms with Crippen LogP contribution in [0.1, 0.15) is 12.0 Å². The molecule has 4 nitrogen and oxygen atoms in total. The average Bonchev–Trinajstić information content (AvgIpc) is 3.01. The molecule has 0 fully saturated rings. The van der Waals surface area contributed by atoms with Crippen LogP contribution in [0.5, 0.6) is 0 Å². The van der Waals surface area contributed by atoms with Crippen molar-refractivity contribution in [3.63, 3.8) is 0 Å². The van der Waals surface area contributed by atoms with Crippen molar-refractivity contribution < 1.29 is 23.4 Å². The van der Waals surface area contributed by atoms with Crippen LogP contribution >= 0.6 is 34.7 Å². The molecule has 28 heavy (non-hydrogen) atoms. The topological polar surface area (TPSA) is 59.4 Å². The molecule has 0 saturated heterocycles. The van der Waals surface area contributed by atoms with Gasteiger partial charge in [0.25, 0.3) is 0 Å². The third kappa shape index (κ3) is 4.79. The molecule has 3 rings (SSSR count). The molecule has 146 valence electrons. The van der Waals surface area contributed by atoms with Gasteiger partial charge in [-0.25, -0.2) is 13.6 Å². The number of halogens is 4. The molecule has 2 aromatic rings. The maximum atomic E-state index is 14.4. The van der Waals surface area contributed by atoms with Gasteiger partial charge in [-0.1, -0.05) is 35.3 Å². The highest BCUT2D eigenvalue weighted by Crippen LogP contribution is 2.37. The second kappa shape index (κ2) is 8.43. The Morgan fingerprint density at radius 2 is 2.07 bits per heavy atom. The Labute approximate surface area is 173 Å². The quantitative estimate of drug-likeness (QED) is 0.545. The van der Waals surface area contributed by atoms with Crippen LogP contribution in [-0.4, -0.2) is 21.1 Å². The average molecular weight is 444 g/mol. The summed E-state index contributed by atoms with van der Waals surface area (Å²) in [6.07, 6.45) is 2.97. The molecule has 1 atom stereocenters. The zero-order chi connectivity index (χ0) is 20.3. The summed E-state index contributed by atoms with van der Waals surface area (Å²) < 4.78 is 38.3. The van der Waals surface area contributed by atoms with E-state index in [-0.39, 0.29) is 17.5 Å². The zero-order valence-corrected chi connectivity index (χ0v) is 16.5. The third-order valence-corrected chi connectivity index (χ3v) is 5.53. The van der Waals surface area contributed by atoms with Gasteiger partial charge in [-0.05, 0) is 47.5 Å². The lowest BCUT2D eigenvalue weighted by Gasteiger charge is -2.22. The summed E-state index contributed by atoms with van der Waals surface area (Å²) >= 11 is 13.2. The number of allylic oxidation sites excluding steroid dienone is 4. The van der Waals surface area contributed by atoms with E-state index in [4.69, 9.17) is 33.0 Å². The van der Waals surface area contributed by atoms with Gasteiger partial charge in [0, 0.05) is 23.1 Å². The molecule has 1 aromatic carbocycles. The number of benzene rings is 1. The zero-order valence-electron chi connectivity index (χ0n) is 14.2. The molecule has 0 bridgehead atoms. The fourth-order valence-corrected chi connectivity index (χ4v) is 3.76. The van der Waals surface area contributed by atoms with Crippen LogP contribution in [0.15, 0.2) is 60.2 Å². The Bertz CT molecular complexity index is 986. The molecule has 9 heteroatoms. The van der Waals surface area contributed by atoms with Crippen molar-refractivity contribution in [1.29, 1.82) is 0 Å². The van der Waals surface area contributed by atoms with E-state index >= 15 is 0 Å². The van der Waals surface area contributed by atoms with Gasteiger partial charge >= 0.3 is 5.97 Å². The smallest absolute Gasteiger partial charge is 0.328 e. The number of ether oxygens (including phenoxy) is 1. The van der Waals surface area contributed by atoms with Gasteiger partial charge in [0.1, 0.15) is 17.6 Å². The molecule has 0 saturated carbocycles. The number of alkyl halides is 1. The predicted molar refractivity (Wildman–Crippen MR) is 105 cm³/mol. The Hall–Kier alpha value is -2.22. The Morgan fingerprint density at radius 3 is 2.71 bits per heavy atom. The van der Waals surface area contributed by atoms with E-state index in [0.717, 1.165) is 28.7 Å². The number of hydrogen-bond acceptors (Lipinski definition) is 4. The first-order valence-corrected chi connectivity index (χ1v) is 9.52. The molecule has 1 aliphatic rings.